The maximum absolute atomic E-state index is 14.0. The van der Waals surface area contributed by atoms with Gasteiger partial charge in [0.1, 0.15) is 5.82 Å². The number of halogens is 2. The van der Waals surface area contributed by atoms with E-state index < -0.39 is 23.4 Å². The molecule has 0 saturated carbocycles. The molecular weight excluding hydrogens is 241 g/mol. The van der Waals surface area contributed by atoms with E-state index in [1.165, 1.54) is 0 Å². The highest BCUT2D eigenvalue weighted by molar-refractivity contribution is 6.31. The summed E-state index contributed by atoms with van der Waals surface area (Å²) in [4.78, 5) is 0. The molecule has 4 heteroatoms. The van der Waals surface area contributed by atoms with Gasteiger partial charge in [-0.25, -0.2) is 4.39 Å². The highest BCUT2D eigenvalue weighted by atomic mass is 35.5. The molecule has 0 bridgehead atoms. The molecule has 0 aliphatic rings. The Morgan fingerprint density at radius 3 is 2.35 bits per heavy atom. The minimum absolute atomic E-state index is 0.189. The van der Waals surface area contributed by atoms with Gasteiger partial charge in [0.2, 0.25) is 0 Å². The number of hydrogen-bond acceptors (Lipinski definition) is 2. The Morgan fingerprint density at radius 2 is 1.88 bits per heavy atom. The summed E-state index contributed by atoms with van der Waals surface area (Å²) in [5, 5.41) is 10.4. The van der Waals surface area contributed by atoms with E-state index in [0.717, 1.165) is 0 Å². The molecule has 1 aromatic rings. The number of benzene rings is 1. The van der Waals surface area contributed by atoms with Gasteiger partial charge in [-0.2, -0.15) is 0 Å². The third-order valence-corrected chi connectivity index (χ3v) is 3.21. The molecule has 0 aliphatic carbocycles. The SMILES string of the molecule is Cc1ccc(Cl)c([C@@H](N)[C@@H](O)C(C)(C)C)c1F. The number of aryl methyl sites for hydroxylation is 1. The van der Waals surface area contributed by atoms with Crippen molar-refractivity contribution in [1.29, 1.82) is 0 Å². The van der Waals surface area contributed by atoms with E-state index in [1.807, 2.05) is 20.8 Å². The predicted molar refractivity (Wildman–Crippen MR) is 68.5 cm³/mol. The molecule has 0 spiro atoms. The van der Waals surface area contributed by atoms with E-state index in [0.29, 0.717) is 5.56 Å². The average molecular weight is 260 g/mol. The monoisotopic (exact) mass is 259 g/mol. The van der Waals surface area contributed by atoms with E-state index in [1.54, 1.807) is 19.1 Å². The number of hydrogen-bond donors (Lipinski definition) is 2. The molecule has 0 unspecified atom stereocenters. The van der Waals surface area contributed by atoms with Crippen molar-refractivity contribution in [3.05, 3.63) is 34.1 Å². The molecule has 0 amide bonds. The van der Waals surface area contributed by atoms with Gasteiger partial charge in [0.25, 0.3) is 0 Å². The second-order valence-corrected chi connectivity index (χ2v) is 5.84. The number of aliphatic hydroxyl groups excluding tert-OH is 1. The second-order valence-electron chi connectivity index (χ2n) is 5.43. The van der Waals surface area contributed by atoms with Crippen LogP contribution >= 0.6 is 11.6 Å². The minimum Gasteiger partial charge on any atom is -0.391 e. The fourth-order valence-corrected chi connectivity index (χ4v) is 1.95. The van der Waals surface area contributed by atoms with Crippen LogP contribution in [0.2, 0.25) is 5.02 Å². The summed E-state index contributed by atoms with van der Waals surface area (Å²) in [5.74, 6) is -0.437. The lowest BCUT2D eigenvalue weighted by atomic mass is 9.82. The molecule has 1 rings (SSSR count). The average Bonchev–Trinajstić information content (AvgIpc) is 2.21. The molecule has 0 fully saturated rings. The molecule has 3 N–H and O–H groups in total. The molecule has 96 valence electrons. The molecule has 2 nitrogen and oxygen atoms in total. The van der Waals surface area contributed by atoms with Crippen LogP contribution in [0.1, 0.15) is 37.9 Å². The zero-order valence-electron chi connectivity index (χ0n) is 10.6. The quantitative estimate of drug-likeness (QED) is 0.857. The van der Waals surface area contributed by atoms with Gasteiger partial charge in [-0.05, 0) is 24.0 Å². The fraction of sp³-hybridized carbons (Fsp3) is 0.538. The first-order chi connectivity index (χ1) is 7.66. The fourth-order valence-electron chi connectivity index (χ4n) is 1.68. The summed E-state index contributed by atoms with van der Waals surface area (Å²) in [6.07, 6.45) is -0.865. The Kier molecular flexibility index (Phi) is 4.18. The predicted octanol–water partition coefficient (Wildman–Crippen LogP) is 3.19. The van der Waals surface area contributed by atoms with Crippen molar-refractivity contribution in [3.8, 4) is 0 Å². The lowest BCUT2D eigenvalue weighted by Gasteiger charge is -2.31. The lowest BCUT2D eigenvalue weighted by molar-refractivity contribution is 0.0391. The molecule has 17 heavy (non-hydrogen) atoms. The van der Waals surface area contributed by atoms with Gasteiger partial charge in [0.05, 0.1) is 12.1 Å². The van der Waals surface area contributed by atoms with Gasteiger partial charge in [-0.3, -0.25) is 0 Å². The Labute approximate surface area is 107 Å². The van der Waals surface area contributed by atoms with E-state index >= 15 is 0 Å². The van der Waals surface area contributed by atoms with E-state index in [2.05, 4.69) is 0 Å². The summed E-state index contributed by atoms with van der Waals surface area (Å²) in [7, 11) is 0. The molecule has 0 saturated heterocycles. The van der Waals surface area contributed by atoms with Gasteiger partial charge in [-0.15, -0.1) is 0 Å². The summed E-state index contributed by atoms with van der Waals surface area (Å²) in [5.41, 5.74) is 6.15. The highest BCUT2D eigenvalue weighted by Gasteiger charge is 2.32. The summed E-state index contributed by atoms with van der Waals surface area (Å²) < 4.78 is 14.0. The Bertz CT molecular complexity index is 415. The van der Waals surface area contributed by atoms with Crippen LogP contribution in [0.25, 0.3) is 0 Å². The summed E-state index contributed by atoms with van der Waals surface area (Å²) >= 11 is 5.96. The van der Waals surface area contributed by atoms with E-state index in [-0.39, 0.29) is 10.6 Å². The standard InChI is InChI=1S/C13H19ClFNO/c1-7-5-6-8(14)9(10(7)15)11(16)12(17)13(2,3)4/h5-6,11-12,17H,16H2,1-4H3/t11-,12-/m1/s1. The van der Waals surface area contributed by atoms with Crippen molar-refractivity contribution >= 4 is 11.6 Å². The molecule has 1 aromatic carbocycles. The Hall–Kier alpha value is -0.640. The van der Waals surface area contributed by atoms with Gasteiger partial charge in [-0.1, -0.05) is 38.4 Å². The maximum atomic E-state index is 14.0. The van der Waals surface area contributed by atoms with Crippen molar-refractivity contribution in [2.75, 3.05) is 0 Å². The van der Waals surface area contributed by atoms with E-state index in [9.17, 15) is 9.50 Å². The van der Waals surface area contributed by atoms with Crippen LogP contribution in [-0.4, -0.2) is 11.2 Å². The third-order valence-electron chi connectivity index (χ3n) is 2.88. The zero-order chi connectivity index (χ0) is 13.4. The van der Waals surface area contributed by atoms with Gasteiger partial charge < -0.3 is 10.8 Å². The molecular formula is C13H19ClFNO. The van der Waals surface area contributed by atoms with Crippen molar-refractivity contribution < 1.29 is 9.50 Å². The van der Waals surface area contributed by atoms with Crippen molar-refractivity contribution in [1.82, 2.24) is 0 Å². The first kappa shape index (κ1) is 14.4. The summed E-state index contributed by atoms with van der Waals surface area (Å²) in [6.45, 7) is 7.18. The largest absolute Gasteiger partial charge is 0.391 e. The van der Waals surface area contributed by atoms with Crippen LogP contribution in [0.3, 0.4) is 0 Å². The third kappa shape index (κ3) is 2.97. The molecule has 2 atom stereocenters. The van der Waals surface area contributed by atoms with Crippen LogP contribution in [0.15, 0.2) is 12.1 Å². The molecule has 0 aromatic heterocycles. The van der Waals surface area contributed by atoms with Crippen molar-refractivity contribution in [3.63, 3.8) is 0 Å². The minimum atomic E-state index is -0.865. The zero-order valence-corrected chi connectivity index (χ0v) is 11.3. The molecule has 0 heterocycles. The van der Waals surface area contributed by atoms with Gasteiger partial charge in [0.15, 0.2) is 0 Å². The van der Waals surface area contributed by atoms with Crippen LogP contribution < -0.4 is 5.73 Å². The Balaban J connectivity index is 3.21. The van der Waals surface area contributed by atoms with Gasteiger partial charge in [0, 0.05) is 10.6 Å². The van der Waals surface area contributed by atoms with Crippen LogP contribution in [0, 0.1) is 18.2 Å². The first-order valence-electron chi connectivity index (χ1n) is 5.54. The van der Waals surface area contributed by atoms with Crippen LogP contribution in [0.5, 0.6) is 0 Å². The topological polar surface area (TPSA) is 46.2 Å². The lowest BCUT2D eigenvalue weighted by Crippen LogP contribution is -2.37. The molecule has 0 aliphatic heterocycles. The summed E-state index contributed by atoms with van der Waals surface area (Å²) in [6, 6.07) is 2.37. The highest BCUT2D eigenvalue weighted by Crippen LogP contribution is 2.34. The second kappa shape index (κ2) is 4.92. The maximum Gasteiger partial charge on any atom is 0.132 e. The van der Waals surface area contributed by atoms with Crippen LogP contribution in [-0.2, 0) is 0 Å². The van der Waals surface area contributed by atoms with Crippen LogP contribution in [0.4, 0.5) is 4.39 Å². The normalized spacial score (nSPS) is 15.8. The van der Waals surface area contributed by atoms with Crippen molar-refractivity contribution in [2.45, 2.75) is 39.8 Å². The number of rotatable bonds is 2. The smallest absolute Gasteiger partial charge is 0.132 e. The van der Waals surface area contributed by atoms with Gasteiger partial charge >= 0.3 is 0 Å². The Morgan fingerprint density at radius 1 is 1.35 bits per heavy atom. The number of nitrogens with two attached hydrogens (primary N) is 1. The first-order valence-corrected chi connectivity index (χ1v) is 5.92. The molecule has 0 radical (unpaired) electrons. The van der Waals surface area contributed by atoms with E-state index in [4.69, 9.17) is 17.3 Å². The van der Waals surface area contributed by atoms with Crippen molar-refractivity contribution in [2.24, 2.45) is 11.1 Å². The number of aliphatic hydroxyl groups is 1.